The average Bonchev–Trinajstić information content (AvgIpc) is 3.49. The molecule has 2 aromatic rings. The Kier molecular flexibility index (Phi) is 7.11. The maximum atomic E-state index is 12.9. The van der Waals surface area contributed by atoms with Crippen LogP contribution in [0.2, 0.25) is 0 Å². The molecule has 0 radical (unpaired) electrons. The Hall–Kier alpha value is -1.74. The molecule has 2 fully saturated rings. The third kappa shape index (κ3) is 5.19. The lowest BCUT2D eigenvalue weighted by Crippen LogP contribution is -2.44. The van der Waals surface area contributed by atoms with E-state index in [-0.39, 0.29) is 17.9 Å². The highest BCUT2D eigenvalue weighted by molar-refractivity contribution is 7.89. The molecule has 1 aromatic heterocycles. The summed E-state index contributed by atoms with van der Waals surface area (Å²) in [5.41, 5.74) is 1.03. The van der Waals surface area contributed by atoms with Crippen molar-refractivity contribution in [2.45, 2.75) is 43.5 Å². The van der Waals surface area contributed by atoms with Crippen LogP contribution in [0.4, 0.5) is 0 Å². The van der Waals surface area contributed by atoms with Crippen molar-refractivity contribution in [3.63, 3.8) is 0 Å². The number of carbonyl (C=O) groups is 1. The smallest absolute Gasteiger partial charge is 0.243 e. The zero-order valence-electron chi connectivity index (χ0n) is 18.0. The van der Waals surface area contributed by atoms with E-state index in [4.69, 9.17) is 0 Å². The Bertz CT molecular complexity index is 960. The van der Waals surface area contributed by atoms with Gasteiger partial charge < -0.3 is 5.32 Å². The van der Waals surface area contributed by atoms with E-state index in [1.165, 1.54) is 22.0 Å². The van der Waals surface area contributed by atoms with Gasteiger partial charge in [-0.1, -0.05) is 23.8 Å². The first-order valence-corrected chi connectivity index (χ1v) is 13.4. The molecule has 0 bridgehead atoms. The Balaban J connectivity index is 1.32. The molecule has 1 N–H and O–H groups in total. The Morgan fingerprint density at radius 2 is 1.77 bits per heavy atom. The molecular formula is C23H31N3O3S2. The van der Waals surface area contributed by atoms with Crippen molar-refractivity contribution in [3.8, 4) is 0 Å². The predicted molar refractivity (Wildman–Crippen MR) is 124 cm³/mol. The number of sulfonamides is 1. The Morgan fingerprint density at radius 3 is 2.39 bits per heavy atom. The molecule has 0 unspecified atom stereocenters. The van der Waals surface area contributed by atoms with Crippen LogP contribution in [0.1, 0.15) is 42.2 Å². The van der Waals surface area contributed by atoms with E-state index in [2.05, 4.69) is 27.7 Å². The van der Waals surface area contributed by atoms with Gasteiger partial charge in [0.05, 0.1) is 10.9 Å². The van der Waals surface area contributed by atoms with E-state index in [1.54, 1.807) is 23.5 Å². The molecule has 1 aromatic carbocycles. The lowest BCUT2D eigenvalue weighted by molar-refractivity contribution is -0.126. The van der Waals surface area contributed by atoms with Gasteiger partial charge in [0.15, 0.2) is 0 Å². The summed E-state index contributed by atoms with van der Waals surface area (Å²) < 4.78 is 27.3. The standard InChI is InChI=1S/C23H31N3O3S2/c1-18-6-8-20(9-7-18)31(28,29)26-14-10-19(11-15-26)23(27)24-17-21(22-5-4-16-30-22)25-12-2-3-13-25/h4-9,16,19,21H,2-3,10-15,17H2,1H3,(H,24,27)/t21-/m0/s1. The summed E-state index contributed by atoms with van der Waals surface area (Å²) in [5.74, 6) is -0.0832. The molecule has 8 heteroatoms. The number of likely N-dealkylation sites (tertiary alicyclic amines) is 1. The highest BCUT2D eigenvalue weighted by atomic mass is 32.2. The Labute approximate surface area is 189 Å². The molecular weight excluding hydrogens is 430 g/mol. The highest BCUT2D eigenvalue weighted by Crippen LogP contribution is 2.29. The van der Waals surface area contributed by atoms with Crippen LogP contribution in [0.25, 0.3) is 0 Å². The summed E-state index contributed by atoms with van der Waals surface area (Å²) in [6.07, 6.45) is 3.54. The average molecular weight is 462 g/mol. The van der Waals surface area contributed by atoms with E-state index in [1.807, 2.05) is 19.1 Å². The number of benzene rings is 1. The molecule has 6 nitrogen and oxygen atoms in total. The van der Waals surface area contributed by atoms with Crippen molar-refractivity contribution in [3.05, 3.63) is 52.2 Å². The van der Waals surface area contributed by atoms with Gasteiger partial charge in [-0.05, 0) is 69.3 Å². The van der Waals surface area contributed by atoms with Gasteiger partial charge in [-0.3, -0.25) is 9.69 Å². The molecule has 2 saturated heterocycles. The second-order valence-corrected chi connectivity index (χ2v) is 11.4. The second-order valence-electron chi connectivity index (χ2n) is 8.51. The fraction of sp³-hybridized carbons (Fsp3) is 0.522. The van der Waals surface area contributed by atoms with Crippen LogP contribution in [0, 0.1) is 12.8 Å². The maximum absolute atomic E-state index is 12.9. The first-order chi connectivity index (χ1) is 14.9. The molecule has 0 spiro atoms. The summed E-state index contributed by atoms with van der Waals surface area (Å²) in [5, 5.41) is 5.25. The zero-order chi connectivity index (χ0) is 21.8. The number of piperidine rings is 1. The topological polar surface area (TPSA) is 69.7 Å². The van der Waals surface area contributed by atoms with E-state index in [0.717, 1.165) is 18.7 Å². The number of hydrogen-bond donors (Lipinski definition) is 1. The van der Waals surface area contributed by atoms with E-state index in [0.29, 0.717) is 37.4 Å². The molecule has 168 valence electrons. The van der Waals surface area contributed by atoms with E-state index in [9.17, 15) is 13.2 Å². The molecule has 2 aliphatic heterocycles. The number of hydrogen-bond acceptors (Lipinski definition) is 5. The van der Waals surface area contributed by atoms with Gasteiger partial charge in [-0.2, -0.15) is 4.31 Å². The summed E-state index contributed by atoms with van der Waals surface area (Å²) in [6, 6.07) is 11.4. The number of carbonyl (C=O) groups excluding carboxylic acids is 1. The third-order valence-electron chi connectivity index (χ3n) is 6.41. The van der Waals surface area contributed by atoms with Gasteiger partial charge in [-0.15, -0.1) is 11.3 Å². The van der Waals surface area contributed by atoms with Gasteiger partial charge in [0, 0.05) is 30.4 Å². The molecule has 31 heavy (non-hydrogen) atoms. The SMILES string of the molecule is Cc1ccc(S(=O)(=O)N2CCC(C(=O)NC[C@@H](c3cccs3)N3CCCC3)CC2)cc1. The van der Waals surface area contributed by atoms with Crippen LogP contribution in [-0.4, -0.2) is 56.3 Å². The molecule has 3 heterocycles. The predicted octanol–water partition coefficient (Wildman–Crippen LogP) is 3.41. The van der Waals surface area contributed by atoms with E-state index >= 15 is 0 Å². The van der Waals surface area contributed by atoms with Crippen molar-refractivity contribution in [2.24, 2.45) is 5.92 Å². The van der Waals surface area contributed by atoms with Gasteiger partial charge in [0.25, 0.3) is 0 Å². The Morgan fingerprint density at radius 1 is 1.10 bits per heavy atom. The van der Waals surface area contributed by atoms with Gasteiger partial charge in [0.2, 0.25) is 15.9 Å². The van der Waals surface area contributed by atoms with Gasteiger partial charge in [0.1, 0.15) is 0 Å². The zero-order valence-corrected chi connectivity index (χ0v) is 19.6. The van der Waals surface area contributed by atoms with Crippen LogP contribution in [-0.2, 0) is 14.8 Å². The maximum Gasteiger partial charge on any atom is 0.243 e. The minimum atomic E-state index is -3.50. The minimum Gasteiger partial charge on any atom is -0.354 e. The fourth-order valence-electron chi connectivity index (χ4n) is 4.50. The number of nitrogens with one attached hydrogen (secondary N) is 1. The van der Waals surface area contributed by atoms with Gasteiger partial charge >= 0.3 is 0 Å². The molecule has 2 aliphatic rings. The normalized spacial score (nSPS) is 20.0. The first kappa shape index (κ1) is 22.5. The van der Waals surface area contributed by atoms with Crippen molar-refractivity contribution >= 4 is 27.3 Å². The van der Waals surface area contributed by atoms with Crippen LogP contribution in [0.3, 0.4) is 0 Å². The molecule has 0 saturated carbocycles. The lowest BCUT2D eigenvalue weighted by atomic mass is 9.97. The molecule has 4 rings (SSSR count). The van der Waals surface area contributed by atoms with Crippen LogP contribution in [0.5, 0.6) is 0 Å². The summed E-state index contributed by atoms with van der Waals surface area (Å²) >= 11 is 1.74. The highest BCUT2D eigenvalue weighted by Gasteiger charge is 2.33. The minimum absolute atomic E-state index is 0.0492. The van der Waals surface area contributed by atoms with Gasteiger partial charge in [-0.25, -0.2) is 8.42 Å². The number of thiophene rings is 1. The number of rotatable bonds is 7. The van der Waals surface area contributed by atoms with Crippen molar-refractivity contribution < 1.29 is 13.2 Å². The number of amides is 1. The monoisotopic (exact) mass is 461 g/mol. The van der Waals surface area contributed by atoms with Crippen LogP contribution < -0.4 is 5.32 Å². The molecule has 0 aliphatic carbocycles. The summed E-state index contributed by atoms with van der Waals surface area (Å²) in [4.78, 5) is 16.9. The largest absolute Gasteiger partial charge is 0.354 e. The number of aryl methyl sites for hydroxylation is 1. The molecule has 1 amide bonds. The second kappa shape index (κ2) is 9.81. The lowest BCUT2D eigenvalue weighted by Gasteiger charge is -2.32. The third-order valence-corrected chi connectivity index (χ3v) is 9.29. The summed E-state index contributed by atoms with van der Waals surface area (Å²) in [6.45, 7) is 5.47. The number of nitrogens with zero attached hydrogens (tertiary/aromatic N) is 2. The van der Waals surface area contributed by atoms with Crippen LogP contribution >= 0.6 is 11.3 Å². The summed E-state index contributed by atoms with van der Waals surface area (Å²) in [7, 11) is -3.50. The van der Waals surface area contributed by atoms with Crippen molar-refractivity contribution in [1.29, 1.82) is 0 Å². The fourth-order valence-corrected chi connectivity index (χ4v) is 6.83. The van der Waals surface area contributed by atoms with Crippen LogP contribution in [0.15, 0.2) is 46.7 Å². The van der Waals surface area contributed by atoms with Crippen molar-refractivity contribution in [1.82, 2.24) is 14.5 Å². The van der Waals surface area contributed by atoms with Crippen molar-refractivity contribution in [2.75, 3.05) is 32.7 Å². The van der Waals surface area contributed by atoms with E-state index < -0.39 is 10.0 Å². The first-order valence-electron chi connectivity index (χ1n) is 11.1. The molecule has 1 atom stereocenters. The quantitative estimate of drug-likeness (QED) is 0.686.